The molecule has 1 aromatic carbocycles. The first-order valence-electron chi connectivity index (χ1n) is 7.14. The van der Waals surface area contributed by atoms with Gasteiger partial charge in [0.05, 0.1) is 0 Å². The van der Waals surface area contributed by atoms with Crippen molar-refractivity contribution in [2.45, 2.75) is 26.8 Å². The molecule has 5 heteroatoms. The van der Waals surface area contributed by atoms with Gasteiger partial charge in [-0.25, -0.2) is 9.18 Å². The Bertz CT molecular complexity index is 408. The topological polar surface area (TPSA) is 44.4 Å². The zero-order valence-electron chi connectivity index (χ0n) is 12.3. The molecule has 1 rings (SSSR count). The van der Waals surface area contributed by atoms with Crippen LogP contribution in [0.1, 0.15) is 25.8 Å². The van der Waals surface area contributed by atoms with E-state index in [-0.39, 0.29) is 18.4 Å². The molecule has 0 bridgehead atoms. The first kappa shape index (κ1) is 16.4. The van der Waals surface area contributed by atoms with E-state index in [1.165, 1.54) is 6.07 Å². The van der Waals surface area contributed by atoms with Gasteiger partial charge in [-0.15, -0.1) is 0 Å². The van der Waals surface area contributed by atoms with Gasteiger partial charge in [0.2, 0.25) is 0 Å². The van der Waals surface area contributed by atoms with E-state index < -0.39 is 0 Å². The molecule has 0 saturated heterocycles. The molecule has 0 atom stereocenters. The third-order valence-corrected chi connectivity index (χ3v) is 3.23. The van der Waals surface area contributed by atoms with Crippen molar-refractivity contribution >= 4 is 6.03 Å². The van der Waals surface area contributed by atoms with Crippen LogP contribution >= 0.6 is 0 Å². The second kappa shape index (κ2) is 9.31. The van der Waals surface area contributed by atoms with Crippen LogP contribution in [0.5, 0.6) is 0 Å². The summed E-state index contributed by atoms with van der Waals surface area (Å²) in [5.41, 5.74) is 0.491. The van der Waals surface area contributed by atoms with Gasteiger partial charge in [-0.3, -0.25) is 0 Å². The summed E-state index contributed by atoms with van der Waals surface area (Å²) in [6.07, 6.45) is 0.912. The van der Waals surface area contributed by atoms with E-state index in [1.54, 1.807) is 18.2 Å². The molecule has 0 aromatic heterocycles. The van der Waals surface area contributed by atoms with Gasteiger partial charge in [0.15, 0.2) is 0 Å². The van der Waals surface area contributed by atoms with Crippen LogP contribution in [0.15, 0.2) is 24.3 Å². The van der Waals surface area contributed by atoms with Crippen molar-refractivity contribution in [1.82, 2.24) is 15.5 Å². The number of benzene rings is 1. The molecule has 20 heavy (non-hydrogen) atoms. The van der Waals surface area contributed by atoms with Crippen molar-refractivity contribution in [2.24, 2.45) is 0 Å². The highest BCUT2D eigenvalue weighted by atomic mass is 19.1. The molecule has 4 nitrogen and oxygen atoms in total. The first-order chi connectivity index (χ1) is 9.67. The van der Waals surface area contributed by atoms with E-state index in [0.29, 0.717) is 12.1 Å². The third kappa shape index (κ3) is 6.02. The number of urea groups is 1. The monoisotopic (exact) mass is 281 g/mol. The molecule has 0 aliphatic carbocycles. The molecular formula is C15H24FN3O. The summed E-state index contributed by atoms with van der Waals surface area (Å²) >= 11 is 0. The lowest BCUT2D eigenvalue weighted by Gasteiger charge is -2.17. The SMILES string of the molecule is CCN(CC)CCCNC(=O)NCc1ccccc1F. The maximum atomic E-state index is 13.3. The van der Waals surface area contributed by atoms with Crippen LogP contribution in [-0.2, 0) is 6.54 Å². The molecule has 2 N–H and O–H groups in total. The van der Waals surface area contributed by atoms with Gasteiger partial charge in [0.25, 0.3) is 0 Å². The molecule has 0 unspecified atom stereocenters. The predicted molar refractivity (Wildman–Crippen MR) is 79.0 cm³/mol. The van der Waals surface area contributed by atoms with Crippen molar-refractivity contribution < 1.29 is 9.18 Å². The number of amides is 2. The van der Waals surface area contributed by atoms with Crippen molar-refractivity contribution in [3.63, 3.8) is 0 Å². The van der Waals surface area contributed by atoms with Crippen LogP contribution in [0.4, 0.5) is 9.18 Å². The van der Waals surface area contributed by atoms with Gasteiger partial charge in [0.1, 0.15) is 5.82 Å². The molecule has 0 aliphatic heterocycles. The maximum Gasteiger partial charge on any atom is 0.315 e. The maximum absolute atomic E-state index is 13.3. The van der Waals surface area contributed by atoms with Crippen molar-refractivity contribution in [2.75, 3.05) is 26.2 Å². The zero-order valence-corrected chi connectivity index (χ0v) is 12.3. The highest BCUT2D eigenvalue weighted by molar-refractivity contribution is 5.73. The number of rotatable bonds is 8. The van der Waals surface area contributed by atoms with Crippen LogP contribution in [-0.4, -0.2) is 37.1 Å². The highest BCUT2D eigenvalue weighted by Gasteiger charge is 2.04. The molecule has 0 radical (unpaired) electrons. The summed E-state index contributed by atoms with van der Waals surface area (Å²) < 4.78 is 13.3. The molecule has 2 amide bonds. The number of nitrogens with zero attached hydrogens (tertiary/aromatic N) is 1. The minimum Gasteiger partial charge on any atom is -0.338 e. The lowest BCUT2D eigenvalue weighted by atomic mass is 10.2. The van der Waals surface area contributed by atoms with Gasteiger partial charge in [0, 0.05) is 18.7 Å². The summed E-state index contributed by atoms with van der Waals surface area (Å²) in [7, 11) is 0. The van der Waals surface area contributed by atoms with Gasteiger partial charge >= 0.3 is 6.03 Å². The summed E-state index contributed by atoms with van der Waals surface area (Å²) in [4.78, 5) is 13.9. The van der Waals surface area contributed by atoms with Gasteiger partial charge < -0.3 is 15.5 Å². The van der Waals surface area contributed by atoms with Crippen LogP contribution in [0.2, 0.25) is 0 Å². The quantitative estimate of drug-likeness (QED) is 0.718. The minimum atomic E-state index is -0.297. The van der Waals surface area contributed by atoms with Crippen LogP contribution in [0.3, 0.4) is 0 Å². The smallest absolute Gasteiger partial charge is 0.315 e. The summed E-state index contributed by atoms with van der Waals surface area (Å²) in [6, 6.07) is 6.18. The lowest BCUT2D eigenvalue weighted by Crippen LogP contribution is -2.37. The summed E-state index contributed by atoms with van der Waals surface area (Å²) in [6.45, 7) is 8.09. The van der Waals surface area contributed by atoms with Crippen LogP contribution < -0.4 is 10.6 Å². The number of hydrogen-bond acceptors (Lipinski definition) is 2. The van der Waals surface area contributed by atoms with E-state index in [2.05, 4.69) is 29.4 Å². The Hall–Kier alpha value is -1.62. The minimum absolute atomic E-state index is 0.203. The van der Waals surface area contributed by atoms with E-state index in [0.717, 1.165) is 26.1 Å². The Morgan fingerprint density at radius 1 is 1.20 bits per heavy atom. The average molecular weight is 281 g/mol. The van der Waals surface area contributed by atoms with Crippen molar-refractivity contribution in [3.05, 3.63) is 35.6 Å². The zero-order chi connectivity index (χ0) is 14.8. The Morgan fingerprint density at radius 2 is 1.90 bits per heavy atom. The average Bonchev–Trinajstić information content (AvgIpc) is 2.46. The number of hydrogen-bond donors (Lipinski definition) is 2. The standard InChI is InChI=1S/C15H24FN3O/c1-3-19(4-2)11-7-10-17-15(20)18-12-13-8-5-6-9-14(13)16/h5-6,8-9H,3-4,7,10-12H2,1-2H3,(H2,17,18,20). The second-order valence-corrected chi connectivity index (χ2v) is 4.58. The molecule has 0 heterocycles. The number of carbonyl (C=O) groups excluding carboxylic acids is 1. The molecule has 0 spiro atoms. The lowest BCUT2D eigenvalue weighted by molar-refractivity contribution is 0.238. The number of carbonyl (C=O) groups is 1. The Morgan fingerprint density at radius 3 is 2.55 bits per heavy atom. The third-order valence-electron chi connectivity index (χ3n) is 3.23. The Kier molecular flexibility index (Phi) is 7.65. The molecular weight excluding hydrogens is 257 g/mol. The molecule has 0 fully saturated rings. The normalized spacial score (nSPS) is 10.6. The number of nitrogens with one attached hydrogen (secondary N) is 2. The van der Waals surface area contributed by atoms with E-state index >= 15 is 0 Å². The highest BCUT2D eigenvalue weighted by Crippen LogP contribution is 2.05. The number of halogens is 1. The van der Waals surface area contributed by atoms with E-state index in [4.69, 9.17) is 0 Å². The fourth-order valence-electron chi connectivity index (χ4n) is 1.92. The Labute approximate surface area is 120 Å². The fraction of sp³-hybridized carbons (Fsp3) is 0.533. The first-order valence-corrected chi connectivity index (χ1v) is 7.14. The van der Waals surface area contributed by atoms with Crippen LogP contribution in [0.25, 0.3) is 0 Å². The Balaban J connectivity index is 2.16. The van der Waals surface area contributed by atoms with E-state index in [1.807, 2.05) is 0 Å². The largest absolute Gasteiger partial charge is 0.338 e. The molecule has 0 saturated carbocycles. The van der Waals surface area contributed by atoms with Crippen molar-refractivity contribution in [1.29, 1.82) is 0 Å². The molecule has 1 aromatic rings. The van der Waals surface area contributed by atoms with E-state index in [9.17, 15) is 9.18 Å². The molecule has 0 aliphatic rings. The van der Waals surface area contributed by atoms with Crippen LogP contribution in [0, 0.1) is 5.82 Å². The predicted octanol–water partition coefficient (Wildman–Crippen LogP) is 2.36. The molecule has 112 valence electrons. The fourth-order valence-corrected chi connectivity index (χ4v) is 1.92. The summed E-state index contributed by atoms with van der Waals surface area (Å²) in [5.74, 6) is -0.297. The van der Waals surface area contributed by atoms with Gasteiger partial charge in [-0.2, -0.15) is 0 Å². The van der Waals surface area contributed by atoms with Crippen molar-refractivity contribution in [3.8, 4) is 0 Å². The summed E-state index contributed by atoms with van der Waals surface area (Å²) in [5, 5.41) is 5.43. The van der Waals surface area contributed by atoms with Gasteiger partial charge in [-0.05, 0) is 32.1 Å². The van der Waals surface area contributed by atoms with Gasteiger partial charge in [-0.1, -0.05) is 32.0 Å². The second-order valence-electron chi connectivity index (χ2n) is 4.58.